The average molecular weight is 325 g/mol. The molecule has 0 radical (unpaired) electrons. The van der Waals surface area contributed by atoms with Gasteiger partial charge < -0.3 is 19.7 Å². The van der Waals surface area contributed by atoms with Crippen molar-refractivity contribution in [1.82, 2.24) is 15.1 Å². The Bertz CT molecular complexity index is 478. The first-order chi connectivity index (χ1) is 11.0. The van der Waals surface area contributed by atoms with Crippen molar-refractivity contribution in [3.05, 3.63) is 0 Å². The number of morpholine rings is 1. The van der Waals surface area contributed by atoms with Crippen LogP contribution in [0.3, 0.4) is 0 Å². The second-order valence-corrected chi connectivity index (χ2v) is 7.22. The van der Waals surface area contributed by atoms with Crippen LogP contribution >= 0.6 is 0 Å². The molecule has 2 amide bonds. The van der Waals surface area contributed by atoms with Crippen molar-refractivity contribution in [3.63, 3.8) is 0 Å². The summed E-state index contributed by atoms with van der Waals surface area (Å²) in [6.07, 6.45) is 1.02. The molecule has 130 valence electrons. The maximum atomic E-state index is 12.2. The third-order valence-electron chi connectivity index (χ3n) is 5.22. The molecule has 3 fully saturated rings. The van der Waals surface area contributed by atoms with Gasteiger partial charge in [0, 0.05) is 26.1 Å². The molecule has 23 heavy (non-hydrogen) atoms. The first kappa shape index (κ1) is 16.7. The second kappa shape index (κ2) is 6.37. The molecule has 0 aromatic carbocycles. The number of hydrogen-bond acceptors (Lipinski definition) is 5. The highest BCUT2D eigenvalue weighted by Gasteiger charge is 2.54. The molecule has 2 saturated heterocycles. The third kappa shape index (κ3) is 3.36. The number of methoxy groups -OCH3 is 1. The van der Waals surface area contributed by atoms with Crippen molar-refractivity contribution in [1.29, 1.82) is 0 Å². The summed E-state index contributed by atoms with van der Waals surface area (Å²) >= 11 is 0. The van der Waals surface area contributed by atoms with Crippen LogP contribution in [0.4, 0.5) is 0 Å². The van der Waals surface area contributed by atoms with Crippen molar-refractivity contribution in [2.24, 2.45) is 11.8 Å². The van der Waals surface area contributed by atoms with E-state index in [1.54, 1.807) is 7.11 Å². The molecular weight excluding hydrogens is 298 g/mol. The number of nitrogens with zero attached hydrogens (tertiary/aromatic N) is 2. The van der Waals surface area contributed by atoms with Gasteiger partial charge in [0.15, 0.2) is 0 Å². The van der Waals surface area contributed by atoms with Crippen LogP contribution in [0.5, 0.6) is 0 Å². The number of amides is 2. The fraction of sp³-hybridized carbons (Fsp3) is 0.875. The molecule has 3 atom stereocenters. The Kier molecular flexibility index (Phi) is 4.62. The van der Waals surface area contributed by atoms with E-state index in [0.29, 0.717) is 45.3 Å². The Morgan fingerprint density at radius 3 is 2.61 bits per heavy atom. The molecule has 0 bridgehead atoms. The number of carbonyl (C=O) groups excluding carboxylic acids is 2. The summed E-state index contributed by atoms with van der Waals surface area (Å²) in [5, 5.41) is 2.85. The molecule has 0 unspecified atom stereocenters. The Hall–Kier alpha value is -1.18. The smallest absolute Gasteiger partial charge is 0.239 e. The van der Waals surface area contributed by atoms with Crippen LogP contribution < -0.4 is 5.32 Å². The van der Waals surface area contributed by atoms with E-state index in [1.165, 1.54) is 0 Å². The molecule has 1 spiro atoms. The molecular formula is C16H27N3O4. The van der Waals surface area contributed by atoms with Gasteiger partial charge in [-0.15, -0.1) is 0 Å². The third-order valence-corrected chi connectivity index (χ3v) is 5.22. The molecule has 2 heterocycles. The second-order valence-electron chi connectivity index (χ2n) is 7.22. The first-order valence-corrected chi connectivity index (χ1v) is 8.35. The van der Waals surface area contributed by atoms with E-state index in [4.69, 9.17) is 9.47 Å². The molecule has 1 saturated carbocycles. The molecule has 2 aliphatic heterocycles. The minimum absolute atomic E-state index is 0.0292. The van der Waals surface area contributed by atoms with Crippen molar-refractivity contribution in [3.8, 4) is 0 Å². The van der Waals surface area contributed by atoms with E-state index < -0.39 is 0 Å². The molecule has 7 heteroatoms. The minimum Gasteiger partial charge on any atom is -0.383 e. The zero-order chi connectivity index (χ0) is 16.6. The Labute approximate surface area is 137 Å². The van der Waals surface area contributed by atoms with E-state index in [0.717, 1.165) is 6.42 Å². The van der Waals surface area contributed by atoms with E-state index in [9.17, 15) is 9.59 Å². The van der Waals surface area contributed by atoms with Crippen molar-refractivity contribution in [2.75, 3.05) is 53.6 Å². The van der Waals surface area contributed by atoms with E-state index >= 15 is 0 Å². The summed E-state index contributed by atoms with van der Waals surface area (Å²) in [6.45, 7) is 5.48. The van der Waals surface area contributed by atoms with Crippen molar-refractivity contribution < 1.29 is 19.1 Å². The van der Waals surface area contributed by atoms with E-state index in [2.05, 4.69) is 12.2 Å². The summed E-state index contributed by atoms with van der Waals surface area (Å²) in [5.74, 6) is 1.01. The highest BCUT2D eigenvalue weighted by atomic mass is 16.5. The van der Waals surface area contributed by atoms with Crippen LogP contribution in [0, 0.1) is 11.8 Å². The first-order valence-electron chi connectivity index (χ1n) is 8.35. The normalized spacial score (nSPS) is 32.5. The Morgan fingerprint density at radius 2 is 2.04 bits per heavy atom. The van der Waals surface area contributed by atoms with Gasteiger partial charge in [-0.1, -0.05) is 6.92 Å². The zero-order valence-corrected chi connectivity index (χ0v) is 14.2. The van der Waals surface area contributed by atoms with Crippen LogP contribution in [0.1, 0.15) is 13.3 Å². The summed E-state index contributed by atoms with van der Waals surface area (Å²) in [5.41, 5.74) is -0.286. The maximum Gasteiger partial charge on any atom is 0.239 e. The topological polar surface area (TPSA) is 71.1 Å². The monoisotopic (exact) mass is 325 g/mol. The lowest BCUT2D eigenvalue weighted by atomic mass is 9.90. The fourth-order valence-electron chi connectivity index (χ4n) is 3.56. The predicted octanol–water partition coefficient (Wildman–Crippen LogP) is -0.683. The van der Waals surface area contributed by atoms with Crippen LogP contribution in [0.25, 0.3) is 0 Å². The van der Waals surface area contributed by atoms with Gasteiger partial charge in [-0.05, 0) is 19.4 Å². The predicted molar refractivity (Wildman–Crippen MR) is 83.8 cm³/mol. The summed E-state index contributed by atoms with van der Waals surface area (Å²) in [7, 11) is 3.55. The van der Waals surface area contributed by atoms with Crippen LogP contribution in [0.15, 0.2) is 0 Å². The number of carbonyl (C=O) groups is 2. The number of hydrogen-bond donors (Lipinski definition) is 1. The van der Waals surface area contributed by atoms with Crippen LogP contribution in [-0.2, 0) is 19.1 Å². The summed E-state index contributed by atoms with van der Waals surface area (Å²) in [4.78, 5) is 28.3. The summed E-state index contributed by atoms with van der Waals surface area (Å²) < 4.78 is 10.9. The quantitative estimate of drug-likeness (QED) is 0.678. The number of ether oxygens (including phenoxy) is 2. The minimum atomic E-state index is -0.286. The maximum absolute atomic E-state index is 12.2. The Morgan fingerprint density at radius 1 is 1.35 bits per heavy atom. The van der Waals surface area contributed by atoms with Crippen molar-refractivity contribution in [2.45, 2.75) is 25.0 Å². The van der Waals surface area contributed by atoms with Gasteiger partial charge in [0.05, 0.1) is 26.3 Å². The van der Waals surface area contributed by atoms with Gasteiger partial charge in [-0.25, -0.2) is 0 Å². The zero-order valence-electron chi connectivity index (χ0n) is 14.2. The lowest BCUT2D eigenvalue weighted by Gasteiger charge is -2.54. The van der Waals surface area contributed by atoms with Crippen LogP contribution in [-0.4, -0.2) is 86.8 Å². The average Bonchev–Trinajstić information content (AvgIpc) is 3.21. The van der Waals surface area contributed by atoms with Gasteiger partial charge in [-0.3, -0.25) is 14.5 Å². The van der Waals surface area contributed by atoms with E-state index in [-0.39, 0.29) is 29.4 Å². The van der Waals surface area contributed by atoms with Gasteiger partial charge in [-0.2, -0.15) is 0 Å². The molecule has 0 aromatic rings. The van der Waals surface area contributed by atoms with Gasteiger partial charge in [0.2, 0.25) is 11.8 Å². The lowest BCUT2D eigenvalue weighted by Crippen LogP contribution is -2.73. The number of likely N-dealkylation sites (N-methyl/N-ethyl adjacent to an activating group) is 1. The highest BCUT2D eigenvalue weighted by molar-refractivity contribution is 5.83. The van der Waals surface area contributed by atoms with Gasteiger partial charge in [0.1, 0.15) is 11.6 Å². The van der Waals surface area contributed by atoms with Crippen molar-refractivity contribution >= 4 is 11.8 Å². The Balaban J connectivity index is 1.46. The lowest BCUT2D eigenvalue weighted by molar-refractivity contribution is -0.201. The highest BCUT2D eigenvalue weighted by Crippen LogP contribution is 2.42. The fourth-order valence-corrected chi connectivity index (χ4v) is 3.56. The number of nitrogens with one attached hydrogen (secondary N) is 1. The largest absolute Gasteiger partial charge is 0.383 e. The summed E-state index contributed by atoms with van der Waals surface area (Å²) in [6, 6.07) is -0.273. The SMILES string of the molecule is COCCNC(=O)[C@@H]1COC2(CN(C(=O)[C@@H]3C[C@H]3C)C2)CN1C. The van der Waals surface area contributed by atoms with Crippen LogP contribution in [0.2, 0.25) is 0 Å². The van der Waals surface area contributed by atoms with Gasteiger partial charge >= 0.3 is 0 Å². The molecule has 3 rings (SSSR count). The molecule has 1 N–H and O–H groups in total. The van der Waals surface area contributed by atoms with E-state index in [1.807, 2.05) is 16.8 Å². The number of likely N-dealkylation sites (tertiary alicyclic amines) is 1. The number of rotatable bonds is 5. The van der Waals surface area contributed by atoms with Gasteiger partial charge in [0.25, 0.3) is 0 Å². The standard InChI is InChI=1S/C16H27N3O4/c1-11-6-12(11)15(21)19-9-16(10-19)8-18(2)13(7-23-16)14(20)17-4-5-22-3/h11-13H,4-10H2,1-3H3,(H,17,20)/t11-,12-,13+/m1/s1. The molecule has 0 aromatic heterocycles. The molecule has 1 aliphatic carbocycles. The molecule has 7 nitrogen and oxygen atoms in total. The molecule has 3 aliphatic rings.